The third-order valence-corrected chi connectivity index (χ3v) is 3.00. The van der Waals surface area contributed by atoms with E-state index in [2.05, 4.69) is 0 Å². The molecule has 4 heteroatoms. The minimum Gasteiger partial charge on any atom is -0.493 e. The van der Waals surface area contributed by atoms with Gasteiger partial charge in [-0.2, -0.15) is 0 Å². The van der Waals surface area contributed by atoms with Crippen molar-refractivity contribution in [2.24, 2.45) is 0 Å². The van der Waals surface area contributed by atoms with Crippen molar-refractivity contribution in [1.29, 1.82) is 0 Å². The number of hydrogen-bond donors (Lipinski definition) is 0. The van der Waals surface area contributed by atoms with Crippen LogP contribution in [-0.4, -0.2) is 12.9 Å². The molecule has 0 aliphatic rings. The Labute approximate surface area is 116 Å². The van der Waals surface area contributed by atoms with Gasteiger partial charge in [0.2, 0.25) is 0 Å². The summed E-state index contributed by atoms with van der Waals surface area (Å²) in [7, 11) is 1.25. The fourth-order valence-electron chi connectivity index (χ4n) is 2.01. The first kappa shape index (κ1) is 14.2. The van der Waals surface area contributed by atoms with Crippen LogP contribution < -0.4 is 4.74 Å². The van der Waals surface area contributed by atoms with E-state index in [4.69, 9.17) is 4.74 Å². The number of methoxy groups -OCH3 is 1. The van der Waals surface area contributed by atoms with Gasteiger partial charge in [0, 0.05) is 12.5 Å². The topological polar surface area (TPSA) is 26.3 Å². The van der Waals surface area contributed by atoms with Gasteiger partial charge in [0.1, 0.15) is 5.82 Å². The zero-order chi connectivity index (χ0) is 14.5. The van der Waals surface area contributed by atoms with E-state index in [1.807, 2.05) is 30.3 Å². The predicted molar refractivity (Wildman–Crippen MR) is 72.0 cm³/mol. The van der Waals surface area contributed by atoms with E-state index in [1.165, 1.54) is 7.11 Å². The molecule has 2 rings (SSSR count). The summed E-state index contributed by atoms with van der Waals surface area (Å²) in [5.41, 5.74) is 0.942. The molecule has 20 heavy (non-hydrogen) atoms. The molecule has 0 aliphatic carbocycles. The number of rotatable bonds is 5. The summed E-state index contributed by atoms with van der Waals surface area (Å²) < 4.78 is 31.6. The summed E-state index contributed by atoms with van der Waals surface area (Å²) in [6, 6.07) is 11.1. The molecule has 0 spiro atoms. The Morgan fingerprint density at radius 1 is 1.15 bits per heavy atom. The molecule has 2 aromatic carbocycles. The second-order valence-corrected chi connectivity index (χ2v) is 4.38. The van der Waals surface area contributed by atoms with Gasteiger partial charge in [-0.25, -0.2) is 8.78 Å². The average molecular weight is 276 g/mol. The number of ether oxygens (including phenoxy) is 1. The van der Waals surface area contributed by atoms with Crippen LogP contribution in [0.25, 0.3) is 0 Å². The zero-order valence-corrected chi connectivity index (χ0v) is 11.0. The van der Waals surface area contributed by atoms with Crippen LogP contribution in [0.2, 0.25) is 0 Å². The lowest BCUT2D eigenvalue weighted by Crippen LogP contribution is -2.06. The molecule has 0 unspecified atom stereocenters. The monoisotopic (exact) mass is 276 g/mol. The molecule has 0 N–H and O–H groups in total. The molecule has 104 valence electrons. The minimum atomic E-state index is -0.865. The highest BCUT2D eigenvalue weighted by atomic mass is 19.1. The van der Waals surface area contributed by atoms with Crippen molar-refractivity contribution in [1.82, 2.24) is 0 Å². The van der Waals surface area contributed by atoms with Crippen molar-refractivity contribution in [3.05, 3.63) is 65.2 Å². The van der Waals surface area contributed by atoms with E-state index in [0.29, 0.717) is 12.5 Å². The van der Waals surface area contributed by atoms with Crippen molar-refractivity contribution in [2.45, 2.75) is 12.8 Å². The Morgan fingerprint density at radius 2 is 1.85 bits per heavy atom. The molecule has 0 aliphatic heterocycles. The Bertz CT molecular complexity index is 609. The van der Waals surface area contributed by atoms with Crippen molar-refractivity contribution >= 4 is 5.78 Å². The predicted octanol–water partition coefficient (Wildman–Crippen LogP) is 3.79. The first-order chi connectivity index (χ1) is 9.61. The maximum Gasteiger partial charge on any atom is 0.168 e. The number of halogens is 2. The summed E-state index contributed by atoms with van der Waals surface area (Å²) >= 11 is 0. The molecular formula is C16H14F2O2. The molecule has 0 saturated heterocycles. The van der Waals surface area contributed by atoms with E-state index >= 15 is 0 Å². The van der Waals surface area contributed by atoms with Gasteiger partial charge in [0.15, 0.2) is 17.3 Å². The van der Waals surface area contributed by atoms with Crippen LogP contribution in [0.15, 0.2) is 42.5 Å². The van der Waals surface area contributed by atoms with Gasteiger partial charge >= 0.3 is 0 Å². The highest BCUT2D eigenvalue weighted by Crippen LogP contribution is 2.25. The normalized spacial score (nSPS) is 10.3. The highest BCUT2D eigenvalue weighted by molar-refractivity contribution is 5.98. The summed E-state index contributed by atoms with van der Waals surface area (Å²) in [6.07, 6.45) is 0.685. The lowest BCUT2D eigenvalue weighted by molar-refractivity contribution is 0.0978. The smallest absolute Gasteiger partial charge is 0.168 e. The number of hydrogen-bond acceptors (Lipinski definition) is 2. The summed E-state index contributed by atoms with van der Waals surface area (Å²) in [4.78, 5) is 12.1. The lowest BCUT2D eigenvalue weighted by atomic mass is 10.0. The molecule has 0 bridgehead atoms. The number of benzene rings is 2. The van der Waals surface area contributed by atoms with Gasteiger partial charge in [-0.3, -0.25) is 4.79 Å². The highest BCUT2D eigenvalue weighted by Gasteiger charge is 2.18. The molecule has 0 aromatic heterocycles. The molecule has 0 atom stereocenters. The van der Waals surface area contributed by atoms with Crippen LogP contribution >= 0.6 is 0 Å². The van der Waals surface area contributed by atoms with Crippen LogP contribution in [0, 0.1) is 11.6 Å². The van der Waals surface area contributed by atoms with Gasteiger partial charge in [-0.15, -0.1) is 0 Å². The van der Waals surface area contributed by atoms with Crippen molar-refractivity contribution in [3.8, 4) is 5.75 Å². The Hall–Kier alpha value is -2.23. The van der Waals surface area contributed by atoms with Crippen molar-refractivity contribution in [3.63, 3.8) is 0 Å². The zero-order valence-electron chi connectivity index (χ0n) is 11.0. The lowest BCUT2D eigenvalue weighted by Gasteiger charge is -2.09. The van der Waals surface area contributed by atoms with Gasteiger partial charge in [-0.05, 0) is 18.1 Å². The van der Waals surface area contributed by atoms with E-state index in [-0.39, 0.29) is 23.5 Å². The third kappa shape index (κ3) is 3.20. The summed E-state index contributed by atoms with van der Waals surface area (Å²) in [5, 5.41) is 0. The third-order valence-electron chi connectivity index (χ3n) is 3.00. The van der Waals surface area contributed by atoms with Crippen LogP contribution in [0.1, 0.15) is 22.3 Å². The molecule has 2 aromatic rings. The van der Waals surface area contributed by atoms with E-state index in [0.717, 1.165) is 11.6 Å². The SMILES string of the molecule is COc1c(F)cc(F)cc1C(=O)CCc1ccccc1. The van der Waals surface area contributed by atoms with Gasteiger partial charge in [-0.1, -0.05) is 30.3 Å². The van der Waals surface area contributed by atoms with Crippen molar-refractivity contribution < 1.29 is 18.3 Å². The van der Waals surface area contributed by atoms with Gasteiger partial charge in [0.25, 0.3) is 0 Å². The van der Waals surface area contributed by atoms with Gasteiger partial charge in [0.05, 0.1) is 12.7 Å². The molecular weight excluding hydrogens is 262 g/mol. The Morgan fingerprint density at radius 3 is 2.50 bits per heavy atom. The van der Waals surface area contributed by atoms with E-state index < -0.39 is 11.6 Å². The Kier molecular flexibility index (Phi) is 4.45. The van der Waals surface area contributed by atoms with Crippen LogP contribution in [0.3, 0.4) is 0 Å². The Balaban J connectivity index is 2.17. The first-order valence-electron chi connectivity index (χ1n) is 6.22. The number of carbonyl (C=O) groups excluding carboxylic acids is 1. The number of aryl methyl sites for hydroxylation is 1. The number of carbonyl (C=O) groups is 1. The van der Waals surface area contributed by atoms with Crippen LogP contribution in [0.5, 0.6) is 5.75 Å². The molecule has 2 nitrogen and oxygen atoms in total. The molecule has 0 saturated carbocycles. The molecule has 0 radical (unpaired) electrons. The maximum atomic E-state index is 13.5. The quantitative estimate of drug-likeness (QED) is 0.777. The second kappa shape index (κ2) is 6.28. The standard InChI is InChI=1S/C16H14F2O2/c1-20-16-13(9-12(17)10-14(16)18)15(19)8-7-11-5-3-2-4-6-11/h2-6,9-10H,7-8H2,1H3. The van der Waals surface area contributed by atoms with E-state index in [9.17, 15) is 13.6 Å². The second-order valence-electron chi connectivity index (χ2n) is 4.38. The number of ketones is 1. The minimum absolute atomic E-state index is 0.0547. The summed E-state index contributed by atoms with van der Waals surface area (Å²) in [5.74, 6) is -2.20. The fraction of sp³-hybridized carbons (Fsp3) is 0.188. The molecule has 0 amide bonds. The molecule has 0 heterocycles. The van der Waals surface area contributed by atoms with Gasteiger partial charge < -0.3 is 4.74 Å². The first-order valence-corrected chi connectivity index (χ1v) is 6.22. The van der Waals surface area contributed by atoms with Crippen LogP contribution in [0.4, 0.5) is 8.78 Å². The summed E-state index contributed by atoms with van der Waals surface area (Å²) in [6.45, 7) is 0. The molecule has 0 fully saturated rings. The van der Waals surface area contributed by atoms with E-state index in [1.54, 1.807) is 0 Å². The maximum absolute atomic E-state index is 13.5. The number of Topliss-reactive ketones (excluding diaryl/α,β-unsaturated/α-hetero) is 1. The average Bonchev–Trinajstić information content (AvgIpc) is 2.45. The fourth-order valence-corrected chi connectivity index (χ4v) is 2.01. The van der Waals surface area contributed by atoms with Crippen LogP contribution in [-0.2, 0) is 6.42 Å². The largest absolute Gasteiger partial charge is 0.493 e. The van der Waals surface area contributed by atoms with Crippen molar-refractivity contribution in [2.75, 3.05) is 7.11 Å².